The van der Waals surface area contributed by atoms with Gasteiger partial charge in [-0.15, -0.1) is 0 Å². The monoisotopic (exact) mass is 382 g/mol. The maximum atomic E-state index is 12.6. The minimum absolute atomic E-state index is 0.325. The van der Waals surface area contributed by atoms with Gasteiger partial charge < -0.3 is 20.0 Å². The Morgan fingerprint density at radius 3 is 1.74 bits per heavy atom. The zero-order valence-electron chi connectivity index (χ0n) is 16.3. The van der Waals surface area contributed by atoms with E-state index in [0.29, 0.717) is 11.8 Å². The van der Waals surface area contributed by atoms with Gasteiger partial charge in [-0.1, -0.05) is 19.3 Å². The van der Waals surface area contributed by atoms with Crippen molar-refractivity contribution in [1.29, 1.82) is 0 Å². The number of likely N-dealkylation sites (tertiary alicyclic amines) is 2. The second-order valence-electron chi connectivity index (χ2n) is 8.08. The lowest BCUT2D eigenvalue weighted by atomic mass is 9.87. The summed E-state index contributed by atoms with van der Waals surface area (Å²) in [6.45, 7) is 5.63. The average molecular weight is 383 g/mol. The van der Waals surface area contributed by atoms with E-state index in [4.69, 9.17) is 19.8 Å². The Morgan fingerprint density at radius 1 is 0.704 bits per heavy atom. The number of hydrogen-bond donors (Lipinski definition) is 2. The van der Waals surface area contributed by atoms with Crippen LogP contribution in [0.1, 0.15) is 64.2 Å². The Bertz CT molecular complexity index is 479. The molecule has 1 amide bonds. The molecule has 3 aliphatic rings. The summed E-state index contributed by atoms with van der Waals surface area (Å²) in [5.41, 5.74) is 0. The third kappa shape index (κ3) is 7.48. The number of carboxylic acid groups (broad SMARTS) is 2. The zero-order chi connectivity index (χ0) is 19.6. The molecule has 0 spiro atoms. The summed E-state index contributed by atoms with van der Waals surface area (Å²) in [5, 5.41) is 14.8. The minimum atomic E-state index is -1.82. The molecule has 1 aliphatic carbocycles. The maximum absolute atomic E-state index is 12.6. The van der Waals surface area contributed by atoms with Crippen molar-refractivity contribution in [2.75, 3.05) is 32.7 Å². The van der Waals surface area contributed by atoms with Crippen LogP contribution in [-0.4, -0.2) is 70.6 Å². The highest BCUT2D eigenvalue weighted by Gasteiger charge is 2.30. The Labute approximate surface area is 161 Å². The van der Waals surface area contributed by atoms with E-state index in [-0.39, 0.29) is 0 Å². The summed E-state index contributed by atoms with van der Waals surface area (Å²) < 4.78 is 0. The van der Waals surface area contributed by atoms with Gasteiger partial charge in [0.15, 0.2) is 0 Å². The smallest absolute Gasteiger partial charge is 0.414 e. The van der Waals surface area contributed by atoms with Crippen LogP contribution in [0.3, 0.4) is 0 Å². The summed E-state index contributed by atoms with van der Waals surface area (Å²) in [7, 11) is 0. The number of aliphatic carboxylic acids is 2. The van der Waals surface area contributed by atoms with Gasteiger partial charge in [0.25, 0.3) is 0 Å². The summed E-state index contributed by atoms with van der Waals surface area (Å²) >= 11 is 0. The van der Waals surface area contributed by atoms with Gasteiger partial charge in [0.1, 0.15) is 0 Å². The van der Waals surface area contributed by atoms with Crippen molar-refractivity contribution in [2.45, 2.75) is 64.2 Å². The molecular weight excluding hydrogens is 348 g/mol. The molecule has 2 saturated heterocycles. The normalized spacial score (nSPS) is 22.6. The molecule has 154 valence electrons. The molecule has 0 aromatic carbocycles. The summed E-state index contributed by atoms with van der Waals surface area (Å²) in [5.74, 6) is -1.92. The second-order valence-corrected chi connectivity index (χ2v) is 8.08. The number of carbonyl (C=O) groups is 3. The van der Waals surface area contributed by atoms with Crippen LogP contribution in [0.2, 0.25) is 0 Å². The minimum Gasteiger partial charge on any atom is -0.473 e. The van der Waals surface area contributed by atoms with Crippen molar-refractivity contribution in [3.05, 3.63) is 0 Å². The summed E-state index contributed by atoms with van der Waals surface area (Å²) in [4.78, 5) is 35.5. The highest BCUT2D eigenvalue weighted by atomic mass is 16.4. The SMILES string of the molecule is O=C(C1CCN(CC2CCCCC2)CC1)N1CCCCC1.O=C(O)C(=O)O. The van der Waals surface area contributed by atoms with Crippen LogP contribution in [0.5, 0.6) is 0 Å². The predicted molar refractivity (Wildman–Crippen MR) is 101 cm³/mol. The first-order valence-electron chi connectivity index (χ1n) is 10.4. The number of carbonyl (C=O) groups excluding carboxylic acids is 1. The van der Waals surface area contributed by atoms with Gasteiger partial charge in [0.2, 0.25) is 5.91 Å². The Kier molecular flexibility index (Phi) is 9.04. The topological polar surface area (TPSA) is 98.2 Å². The van der Waals surface area contributed by atoms with Crippen LogP contribution in [-0.2, 0) is 14.4 Å². The molecule has 0 radical (unpaired) electrons. The van der Waals surface area contributed by atoms with Crippen molar-refractivity contribution >= 4 is 17.8 Å². The van der Waals surface area contributed by atoms with E-state index >= 15 is 0 Å². The Morgan fingerprint density at radius 2 is 1.22 bits per heavy atom. The van der Waals surface area contributed by atoms with Gasteiger partial charge in [-0.3, -0.25) is 4.79 Å². The molecule has 0 aromatic rings. The number of carboxylic acids is 2. The van der Waals surface area contributed by atoms with Gasteiger partial charge in [-0.05, 0) is 64.0 Å². The van der Waals surface area contributed by atoms with E-state index in [1.165, 1.54) is 57.9 Å². The van der Waals surface area contributed by atoms with Crippen molar-refractivity contribution in [3.63, 3.8) is 0 Å². The quantitative estimate of drug-likeness (QED) is 0.728. The first-order valence-corrected chi connectivity index (χ1v) is 10.4. The lowest BCUT2D eigenvalue weighted by Gasteiger charge is -2.37. The molecule has 2 heterocycles. The van der Waals surface area contributed by atoms with Crippen LogP contribution in [0.15, 0.2) is 0 Å². The van der Waals surface area contributed by atoms with Crippen molar-refractivity contribution in [3.8, 4) is 0 Å². The lowest BCUT2D eigenvalue weighted by molar-refractivity contribution is -0.159. The molecule has 7 nitrogen and oxygen atoms in total. The molecule has 3 fully saturated rings. The van der Waals surface area contributed by atoms with Crippen molar-refractivity contribution in [2.24, 2.45) is 11.8 Å². The highest BCUT2D eigenvalue weighted by Crippen LogP contribution is 2.27. The van der Waals surface area contributed by atoms with Gasteiger partial charge in [-0.25, -0.2) is 9.59 Å². The fourth-order valence-electron chi connectivity index (χ4n) is 4.47. The average Bonchev–Trinajstić information content (AvgIpc) is 2.70. The van der Waals surface area contributed by atoms with E-state index in [2.05, 4.69) is 9.80 Å². The van der Waals surface area contributed by atoms with Gasteiger partial charge in [-0.2, -0.15) is 0 Å². The Balaban J connectivity index is 0.000000380. The second kappa shape index (κ2) is 11.3. The van der Waals surface area contributed by atoms with E-state index in [9.17, 15) is 4.79 Å². The van der Waals surface area contributed by atoms with Crippen LogP contribution in [0.4, 0.5) is 0 Å². The third-order valence-electron chi connectivity index (χ3n) is 6.03. The molecule has 2 aliphatic heterocycles. The van der Waals surface area contributed by atoms with Crippen LogP contribution in [0, 0.1) is 11.8 Å². The molecule has 0 unspecified atom stereocenters. The first-order chi connectivity index (χ1) is 13.0. The van der Waals surface area contributed by atoms with Crippen LogP contribution < -0.4 is 0 Å². The Hall–Kier alpha value is -1.63. The number of piperidine rings is 2. The zero-order valence-corrected chi connectivity index (χ0v) is 16.3. The lowest BCUT2D eigenvalue weighted by Crippen LogP contribution is -2.45. The number of amides is 1. The molecule has 3 rings (SSSR count). The van der Waals surface area contributed by atoms with Crippen molar-refractivity contribution in [1.82, 2.24) is 9.80 Å². The molecule has 1 saturated carbocycles. The fraction of sp³-hybridized carbons (Fsp3) is 0.850. The number of nitrogens with zero attached hydrogens (tertiary/aromatic N) is 2. The van der Waals surface area contributed by atoms with E-state index in [1.54, 1.807) is 0 Å². The highest BCUT2D eigenvalue weighted by molar-refractivity contribution is 6.27. The van der Waals surface area contributed by atoms with E-state index in [1.807, 2.05) is 0 Å². The molecule has 27 heavy (non-hydrogen) atoms. The summed E-state index contributed by atoms with van der Waals surface area (Å²) in [6, 6.07) is 0. The molecular formula is C20H34N2O5. The van der Waals surface area contributed by atoms with Gasteiger partial charge in [0.05, 0.1) is 0 Å². The third-order valence-corrected chi connectivity index (χ3v) is 6.03. The van der Waals surface area contributed by atoms with Gasteiger partial charge >= 0.3 is 11.9 Å². The molecule has 0 atom stereocenters. The van der Waals surface area contributed by atoms with Crippen molar-refractivity contribution < 1.29 is 24.6 Å². The number of rotatable bonds is 3. The summed E-state index contributed by atoms with van der Waals surface area (Å²) in [6.07, 6.45) is 13.1. The van der Waals surface area contributed by atoms with E-state index in [0.717, 1.165) is 44.9 Å². The molecule has 0 aromatic heterocycles. The largest absolute Gasteiger partial charge is 0.473 e. The standard InChI is InChI=1S/C18H32N2O.C2H2O4/c21-18(20-11-5-2-6-12-20)17-9-13-19(14-10-17)15-16-7-3-1-4-8-16;3-1(4)2(5)6/h16-17H,1-15H2;(H,3,4)(H,5,6). The molecule has 7 heteroatoms. The van der Waals surface area contributed by atoms with Crippen LogP contribution >= 0.6 is 0 Å². The van der Waals surface area contributed by atoms with E-state index < -0.39 is 11.9 Å². The predicted octanol–water partition coefficient (Wildman–Crippen LogP) is 2.45. The van der Waals surface area contributed by atoms with Gasteiger partial charge in [0, 0.05) is 25.6 Å². The maximum Gasteiger partial charge on any atom is 0.414 e. The number of hydrogen-bond acceptors (Lipinski definition) is 4. The van der Waals surface area contributed by atoms with Crippen LogP contribution in [0.25, 0.3) is 0 Å². The fourth-order valence-corrected chi connectivity index (χ4v) is 4.47. The molecule has 2 N–H and O–H groups in total. The molecule has 0 bridgehead atoms. The first kappa shape index (κ1) is 21.7.